The van der Waals surface area contributed by atoms with E-state index in [2.05, 4.69) is 11.1 Å². The minimum Gasteiger partial charge on any atom is -0.502 e. The molecule has 1 aromatic carbocycles. The molecule has 0 saturated carbocycles. The fourth-order valence-electron chi connectivity index (χ4n) is 2.69. The van der Waals surface area contributed by atoms with Crippen LogP contribution in [0.4, 0.5) is 10.7 Å². The number of phenols is 1. The molecule has 23 heavy (non-hydrogen) atoms. The molecule has 1 heterocycles. The normalized spacial score (nSPS) is 13.7. The van der Waals surface area contributed by atoms with Crippen molar-refractivity contribution < 1.29 is 10.0 Å². The molecule has 1 aliphatic carbocycles. The maximum Gasteiger partial charge on any atom is 0.311 e. The number of benzene rings is 1. The lowest BCUT2D eigenvalue weighted by molar-refractivity contribution is -0.385. The highest BCUT2D eigenvalue weighted by Gasteiger charge is 2.20. The summed E-state index contributed by atoms with van der Waals surface area (Å²) in [6, 6.07) is 6.48. The van der Waals surface area contributed by atoms with Gasteiger partial charge in [0.2, 0.25) is 5.75 Å². The number of nitro benzene ring substituents is 1. The van der Waals surface area contributed by atoms with Crippen LogP contribution in [0.2, 0.25) is 0 Å². The van der Waals surface area contributed by atoms with E-state index in [0.717, 1.165) is 31.2 Å². The van der Waals surface area contributed by atoms with Crippen LogP contribution < -0.4 is 0 Å². The lowest BCUT2D eigenvalue weighted by Crippen LogP contribution is -1.99. The fraction of sp³-hybridized carbons (Fsp3) is 0.250. The second-order valence-electron chi connectivity index (χ2n) is 5.23. The van der Waals surface area contributed by atoms with Crippen LogP contribution in [0, 0.1) is 21.4 Å². The van der Waals surface area contributed by atoms with E-state index in [1.807, 2.05) is 0 Å². The lowest BCUT2D eigenvalue weighted by Gasteiger charge is -2.09. The second kappa shape index (κ2) is 6.18. The van der Waals surface area contributed by atoms with Crippen LogP contribution in [-0.4, -0.2) is 16.2 Å². The van der Waals surface area contributed by atoms with Gasteiger partial charge in [-0.25, -0.2) is 4.99 Å². The summed E-state index contributed by atoms with van der Waals surface area (Å²) in [6.45, 7) is 0. The molecule has 116 valence electrons. The van der Waals surface area contributed by atoms with Crippen molar-refractivity contribution in [3.05, 3.63) is 49.9 Å². The van der Waals surface area contributed by atoms with E-state index < -0.39 is 10.7 Å². The van der Waals surface area contributed by atoms with E-state index in [0.29, 0.717) is 10.6 Å². The van der Waals surface area contributed by atoms with Crippen LogP contribution in [0.3, 0.4) is 0 Å². The first-order valence-electron chi connectivity index (χ1n) is 7.17. The highest BCUT2D eigenvalue weighted by molar-refractivity contribution is 7.16. The third-order valence-corrected chi connectivity index (χ3v) is 5.03. The molecule has 0 spiro atoms. The number of para-hydroxylation sites is 1. The number of nitrogens with zero attached hydrogens (tertiary/aromatic N) is 3. The first-order chi connectivity index (χ1) is 11.1. The summed E-state index contributed by atoms with van der Waals surface area (Å²) in [5, 5.41) is 30.8. The van der Waals surface area contributed by atoms with Crippen molar-refractivity contribution in [3.8, 4) is 11.8 Å². The molecule has 0 aliphatic heterocycles. The quantitative estimate of drug-likeness (QED) is 0.525. The zero-order valence-corrected chi connectivity index (χ0v) is 13.0. The number of aryl methyl sites for hydroxylation is 1. The second-order valence-corrected chi connectivity index (χ2v) is 6.32. The lowest BCUT2D eigenvalue weighted by atomic mass is 9.96. The predicted octanol–water partition coefficient (Wildman–Crippen LogP) is 3.86. The maximum atomic E-state index is 10.8. The maximum absolute atomic E-state index is 10.8. The summed E-state index contributed by atoms with van der Waals surface area (Å²) >= 11 is 1.49. The van der Waals surface area contributed by atoms with Gasteiger partial charge < -0.3 is 5.11 Å². The monoisotopic (exact) mass is 327 g/mol. The van der Waals surface area contributed by atoms with E-state index in [4.69, 9.17) is 0 Å². The van der Waals surface area contributed by atoms with Gasteiger partial charge in [-0.05, 0) is 37.3 Å². The molecular formula is C16H13N3O3S. The smallest absolute Gasteiger partial charge is 0.311 e. The molecule has 2 aromatic rings. The van der Waals surface area contributed by atoms with Crippen molar-refractivity contribution in [1.29, 1.82) is 5.26 Å². The molecule has 0 atom stereocenters. The summed E-state index contributed by atoms with van der Waals surface area (Å²) in [5.41, 5.74) is 1.57. The molecule has 0 bridgehead atoms. The van der Waals surface area contributed by atoms with Crippen molar-refractivity contribution in [1.82, 2.24) is 0 Å². The minimum atomic E-state index is -0.642. The zero-order valence-electron chi connectivity index (χ0n) is 12.2. The first-order valence-corrected chi connectivity index (χ1v) is 7.98. The summed E-state index contributed by atoms with van der Waals surface area (Å²) in [6.07, 6.45) is 5.43. The number of thiophene rings is 1. The first kappa shape index (κ1) is 15.2. The molecule has 1 N–H and O–H groups in total. The van der Waals surface area contributed by atoms with Crippen molar-refractivity contribution in [2.45, 2.75) is 25.7 Å². The molecule has 7 heteroatoms. The Balaban J connectivity index is 1.99. The molecule has 0 unspecified atom stereocenters. The SMILES string of the molecule is N#Cc1c(N=Cc2cccc([N+](=O)[O-])c2O)sc2c1CCCC2. The van der Waals surface area contributed by atoms with Crippen LogP contribution in [0.5, 0.6) is 5.75 Å². The largest absolute Gasteiger partial charge is 0.502 e. The van der Waals surface area contributed by atoms with E-state index in [1.165, 1.54) is 34.6 Å². The molecule has 1 aliphatic rings. The molecule has 1 aromatic heterocycles. The van der Waals surface area contributed by atoms with Gasteiger partial charge in [0, 0.05) is 22.7 Å². The summed E-state index contributed by atoms with van der Waals surface area (Å²) < 4.78 is 0. The van der Waals surface area contributed by atoms with Gasteiger partial charge in [0.15, 0.2) is 0 Å². The predicted molar refractivity (Wildman–Crippen MR) is 87.7 cm³/mol. The number of nitro groups is 1. The Hall–Kier alpha value is -2.72. The van der Waals surface area contributed by atoms with Gasteiger partial charge in [0.1, 0.15) is 11.1 Å². The third kappa shape index (κ3) is 2.81. The number of rotatable bonds is 3. The number of aromatic hydroxyl groups is 1. The zero-order chi connectivity index (χ0) is 16.4. The highest BCUT2D eigenvalue weighted by Crippen LogP contribution is 2.39. The van der Waals surface area contributed by atoms with E-state index in [1.54, 1.807) is 6.07 Å². The number of nitriles is 1. The Morgan fingerprint density at radius 1 is 1.39 bits per heavy atom. The molecule has 0 saturated heterocycles. The van der Waals surface area contributed by atoms with Crippen molar-refractivity contribution in [3.63, 3.8) is 0 Å². The van der Waals surface area contributed by atoms with Crippen molar-refractivity contribution in [2.24, 2.45) is 4.99 Å². The van der Waals surface area contributed by atoms with Gasteiger partial charge in [-0.3, -0.25) is 10.1 Å². The van der Waals surface area contributed by atoms with Crippen molar-refractivity contribution >= 4 is 28.2 Å². The third-order valence-electron chi connectivity index (χ3n) is 3.83. The Bertz CT molecular complexity index is 849. The van der Waals surface area contributed by atoms with Crippen LogP contribution in [-0.2, 0) is 12.8 Å². The minimum absolute atomic E-state index is 0.259. The number of fused-ring (bicyclic) bond motifs is 1. The average molecular weight is 327 g/mol. The number of hydrogen-bond donors (Lipinski definition) is 1. The Labute approximate surface area is 136 Å². The van der Waals surface area contributed by atoms with Gasteiger partial charge >= 0.3 is 5.69 Å². The van der Waals surface area contributed by atoms with Crippen LogP contribution in [0.1, 0.15) is 34.4 Å². The van der Waals surface area contributed by atoms with Gasteiger partial charge in [-0.1, -0.05) is 6.07 Å². The Kier molecular flexibility index (Phi) is 4.08. The van der Waals surface area contributed by atoms with Gasteiger partial charge in [-0.2, -0.15) is 5.26 Å². The number of hydrogen-bond acceptors (Lipinski definition) is 6. The summed E-state index contributed by atoms with van der Waals surface area (Å²) in [4.78, 5) is 15.7. The molecule has 0 radical (unpaired) electrons. The Morgan fingerprint density at radius 2 is 2.17 bits per heavy atom. The average Bonchev–Trinajstić information content (AvgIpc) is 2.91. The number of phenolic OH excluding ortho intramolecular Hbond substituents is 1. The van der Waals surface area contributed by atoms with Gasteiger partial charge in [0.05, 0.1) is 10.5 Å². The molecular weight excluding hydrogens is 314 g/mol. The van der Waals surface area contributed by atoms with E-state index in [9.17, 15) is 20.5 Å². The fourth-order valence-corrected chi connectivity index (χ4v) is 3.87. The summed E-state index contributed by atoms with van der Waals surface area (Å²) in [7, 11) is 0. The summed E-state index contributed by atoms with van der Waals surface area (Å²) in [5.74, 6) is -0.416. The van der Waals surface area contributed by atoms with Crippen LogP contribution >= 0.6 is 11.3 Å². The van der Waals surface area contributed by atoms with Crippen molar-refractivity contribution in [2.75, 3.05) is 0 Å². The molecule has 0 amide bonds. The molecule has 3 rings (SSSR count). The van der Waals surface area contributed by atoms with Crippen LogP contribution in [0.25, 0.3) is 0 Å². The van der Waals surface area contributed by atoms with Crippen LogP contribution in [0.15, 0.2) is 23.2 Å². The molecule has 6 nitrogen and oxygen atoms in total. The molecule has 0 fully saturated rings. The highest BCUT2D eigenvalue weighted by atomic mass is 32.1. The number of aliphatic imine (C=N–C) groups is 1. The van der Waals surface area contributed by atoms with Gasteiger partial charge in [-0.15, -0.1) is 11.3 Å². The Morgan fingerprint density at radius 3 is 2.91 bits per heavy atom. The van der Waals surface area contributed by atoms with E-state index in [-0.39, 0.29) is 11.3 Å². The van der Waals surface area contributed by atoms with E-state index >= 15 is 0 Å². The topological polar surface area (TPSA) is 99.5 Å². The standard InChI is InChI=1S/C16H13N3O3S/c17-8-12-11-5-1-2-7-14(11)23-16(12)18-9-10-4-3-6-13(15(10)20)19(21)22/h3-4,6,9,20H,1-2,5,7H2. The van der Waals surface area contributed by atoms with Gasteiger partial charge in [0.25, 0.3) is 0 Å².